The molecular formula is C27H29N. The SMILES string of the molecule is C=C/C=C\C(C=C/C=C(/C)C=C)=C\N/C=C(/C1=CCCC=C1)c1ccccc1. The van der Waals surface area contributed by atoms with E-state index in [1.807, 2.05) is 49.6 Å². The average Bonchev–Trinajstić information content (AvgIpc) is 2.75. The Hall–Kier alpha value is -3.32. The minimum absolute atomic E-state index is 1.05. The van der Waals surface area contributed by atoms with Crippen molar-refractivity contribution in [2.75, 3.05) is 0 Å². The monoisotopic (exact) mass is 367 g/mol. The fourth-order valence-electron chi connectivity index (χ4n) is 2.70. The van der Waals surface area contributed by atoms with Gasteiger partial charge in [0.05, 0.1) is 0 Å². The summed E-state index contributed by atoms with van der Waals surface area (Å²) in [5.74, 6) is 0. The zero-order valence-electron chi connectivity index (χ0n) is 16.6. The molecule has 0 atom stereocenters. The maximum atomic E-state index is 3.78. The number of benzene rings is 1. The Bertz CT molecular complexity index is 868. The summed E-state index contributed by atoms with van der Waals surface area (Å²) in [4.78, 5) is 0. The van der Waals surface area contributed by atoms with Gasteiger partial charge >= 0.3 is 0 Å². The van der Waals surface area contributed by atoms with E-state index in [4.69, 9.17) is 0 Å². The number of nitrogens with one attached hydrogen (secondary N) is 1. The second kappa shape index (κ2) is 12.1. The summed E-state index contributed by atoms with van der Waals surface area (Å²) >= 11 is 0. The summed E-state index contributed by atoms with van der Waals surface area (Å²) in [6, 6.07) is 10.5. The highest BCUT2D eigenvalue weighted by Gasteiger charge is 2.07. The Kier molecular flexibility index (Phi) is 9.10. The second-order valence-corrected chi connectivity index (χ2v) is 6.44. The number of rotatable bonds is 9. The van der Waals surface area contributed by atoms with Gasteiger partial charge in [0, 0.05) is 18.0 Å². The standard InChI is InChI=1S/C27H29N/c1-4-6-15-24(16-13-14-23(3)5-2)21-28-22-27(25-17-9-7-10-18-25)26-19-11-8-12-20-26/h4-7,9-11,13-22,28H,1-2,8,12H2,3H3/b15-6-,16-13?,23-14-,24-21-,27-22+. The molecule has 142 valence electrons. The van der Waals surface area contributed by atoms with Crippen molar-refractivity contribution >= 4 is 5.57 Å². The molecule has 0 saturated heterocycles. The van der Waals surface area contributed by atoms with E-state index < -0.39 is 0 Å². The van der Waals surface area contributed by atoms with Crippen molar-refractivity contribution in [2.24, 2.45) is 0 Å². The lowest BCUT2D eigenvalue weighted by molar-refractivity contribution is 1.03. The van der Waals surface area contributed by atoms with E-state index in [1.165, 1.54) is 16.7 Å². The van der Waals surface area contributed by atoms with Crippen molar-refractivity contribution in [2.45, 2.75) is 19.8 Å². The summed E-state index contributed by atoms with van der Waals surface area (Å²) in [6.45, 7) is 9.55. The topological polar surface area (TPSA) is 12.0 Å². The third-order valence-corrected chi connectivity index (χ3v) is 4.26. The van der Waals surface area contributed by atoms with Crippen LogP contribution in [-0.4, -0.2) is 0 Å². The molecule has 0 heterocycles. The molecule has 2 rings (SSSR count). The molecule has 0 fully saturated rings. The van der Waals surface area contributed by atoms with Crippen LogP contribution < -0.4 is 5.32 Å². The van der Waals surface area contributed by atoms with Gasteiger partial charge in [0.15, 0.2) is 0 Å². The summed E-state index contributed by atoms with van der Waals surface area (Å²) in [5.41, 5.74) is 5.81. The fourth-order valence-corrected chi connectivity index (χ4v) is 2.70. The summed E-state index contributed by atoms with van der Waals surface area (Å²) in [5, 5.41) is 3.37. The Morgan fingerprint density at radius 1 is 1.00 bits per heavy atom. The molecule has 0 radical (unpaired) electrons. The Morgan fingerprint density at radius 3 is 2.46 bits per heavy atom. The van der Waals surface area contributed by atoms with E-state index in [2.05, 4.69) is 73.2 Å². The summed E-state index contributed by atoms with van der Waals surface area (Å²) in [6.07, 6.45) is 26.6. The average molecular weight is 368 g/mol. The van der Waals surface area contributed by atoms with Gasteiger partial charge in [0.2, 0.25) is 0 Å². The number of allylic oxidation sites excluding steroid dienone is 14. The predicted molar refractivity (Wildman–Crippen MR) is 125 cm³/mol. The van der Waals surface area contributed by atoms with Crippen molar-refractivity contribution in [3.63, 3.8) is 0 Å². The van der Waals surface area contributed by atoms with Crippen molar-refractivity contribution in [3.8, 4) is 0 Å². The summed E-state index contributed by atoms with van der Waals surface area (Å²) in [7, 11) is 0. The molecule has 1 aromatic carbocycles. The van der Waals surface area contributed by atoms with E-state index >= 15 is 0 Å². The molecule has 1 aliphatic rings. The maximum Gasteiger partial charge on any atom is 0.00897 e. The van der Waals surface area contributed by atoms with Crippen molar-refractivity contribution < 1.29 is 0 Å². The van der Waals surface area contributed by atoms with E-state index in [0.29, 0.717) is 0 Å². The maximum absolute atomic E-state index is 3.78. The van der Waals surface area contributed by atoms with Crippen LogP contribution in [-0.2, 0) is 0 Å². The minimum Gasteiger partial charge on any atom is -0.366 e. The molecule has 0 aromatic heterocycles. The first-order valence-corrected chi connectivity index (χ1v) is 9.60. The summed E-state index contributed by atoms with van der Waals surface area (Å²) < 4.78 is 0. The lowest BCUT2D eigenvalue weighted by Gasteiger charge is -2.12. The Balaban J connectivity index is 2.27. The molecule has 1 heteroatoms. The highest BCUT2D eigenvalue weighted by molar-refractivity contribution is 5.81. The third-order valence-electron chi connectivity index (χ3n) is 4.26. The van der Waals surface area contributed by atoms with Crippen LogP contribution in [0, 0.1) is 0 Å². The van der Waals surface area contributed by atoms with Crippen LogP contribution in [0.1, 0.15) is 25.3 Å². The highest BCUT2D eigenvalue weighted by atomic mass is 14.8. The predicted octanol–water partition coefficient (Wildman–Crippen LogP) is 7.21. The zero-order valence-corrected chi connectivity index (χ0v) is 16.6. The van der Waals surface area contributed by atoms with Crippen molar-refractivity contribution in [1.29, 1.82) is 0 Å². The molecule has 1 aromatic rings. The fraction of sp³-hybridized carbons (Fsp3) is 0.111. The van der Waals surface area contributed by atoms with Crippen LogP contribution in [0.5, 0.6) is 0 Å². The van der Waals surface area contributed by atoms with E-state index in [0.717, 1.165) is 24.0 Å². The van der Waals surface area contributed by atoms with Gasteiger partial charge in [-0.2, -0.15) is 0 Å². The molecule has 0 amide bonds. The number of hydrogen-bond donors (Lipinski definition) is 1. The zero-order chi connectivity index (χ0) is 20.0. The van der Waals surface area contributed by atoms with Gasteiger partial charge in [-0.15, -0.1) is 0 Å². The first kappa shape index (κ1) is 21.0. The lowest BCUT2D eigenvalue weighted by atomic mass is 9.94. The molecule has 1 aliphatic carbocycles. The van der Waals surface area contributed by atoms with Gasteiger partial charge in [0.25, 0.3) is 0 Å². The molecule has 0 spiro atoms. The van der Waals surface area contributed by atoms with Crippen molar-refractivity contribution in [3.05, 3.63) is 139 Å². The molecule has 1 N–H and O–H groups in total. The van der Waals surface area contributed by atoms with Gasteiger partial charge in [-0.1, -0.05) is 110 Å². The first-order valence-electron chi connectivity index (χ1n) is 9.60. The van der Waals surface area contributed by atoms with Gasteiger partial charge in [-0.25, -0.2) is 0 Å². The van der Waals surface area contributed by atoms with Crippen LogP contribution in [0.25, 0.3) is 5.57 Å². The minimum atomic E-state index is 1.05. The second-order valence-electron chi connectivity index (χ2n) is 6.44. The Labute approximate surface area is 169 Å². The smallest absolute Gasteiger partial charge is 0.00897 e. The highest BCUT2D eigenvalue weighted by Crippen LogP contribution is 2.26. The lowest BCUT2D eigenvalue weighted by Crippen LogP contribution is -2.00. The third kappa shape index (κ3) is 7.13. The van der Waals surface area contributed by atoms with E-state index in [9.17, 15) is 0 Å². The molecule has 0 unspecified atom stereocenters. The molecule has 1 nitrogen and oxygen atoms in total. The van der Waals surface area contributed by atoms with Crippen LogP contribution in [0.2, 0.25) is 0 Å². The van der Waals surface area contributed by atoms with Gasteiger partial charge < -0.3 is 5.32 Å². The Morgan fingerprint density at radius 2 is 1.79 bits per heavy atom. The molecule has 0 saturated carbocycles. The van der Waals surface area contributed by atoms with Crippen LogP contribution in [0.3, 0.4) is 0 Å². The van der Waals surface area contributed by atoms with E-state index in [1.54, 1.807) is 6.08 Å². The largest absolute Gasteiger partial charge is 0.366 e. The first-order chi connectivity index (χ1) is 13.7. The molecular weight excluding hydrogens is 338 g/mol. The molecule has 28 heavy (non-hydrogen) atoms. The van der Waals surface area contributed by atoms with Crippen LogP contribution in [0.15, 0.2) is 133 Å². The van der Waals surface area contributed by atoms with Gasteiger partial charge in [0.1, 0.15) is 0 Å². The van der Waals surface area contributed by atoms with Gasteiger partial charge in [-0.3, -0.25) is 0 Å². The van der Waals surface area contributed by atoms with Crippen LogP contribution in [0.4, 0.5) is 0 Å². The molecule has 0 bridgehead atoms. The van der Waals surface area contributed by atoms with Gasteiger partial charge in [-0.05, 0) is 36.5 Å². The quantitative estimate of drug-likeness (QED) is 0.455. The van der Waals surface area contributed by atoms with E-state index in [-0.39, 0.29) is 0 Å². The molecule has 0 aliphatic heterocycles. The number of hydrogen-bond acceptors (Lipinski definition) is 1. The van der Waals surface area contributed by atoms with Crippen LogP contribution >= 0.6 is 0 Å². The van der Waals surface area contributed by atoms with Crippen molar-refractivity contribution in [1.82, 2.24) is 5.32 Å². The normalized spacial score (nSPS) is 15.8.